The Morgan fingerprint density at radius 1 is 1.09 bits per heavy atom. The predicted molar refractivity (Wildman–Crippen MR) is 89.0 cm³/mol. The van der Waals surface area contributed by atoms with Crippen molar-refractivity contribution in [3.63, 3.8) is 0 Å². The van der Waals surface area contributed by atoms with E-state index in [1.54, 1.807) is 7.11 Å². The Balaban J connectivity index is 1.87. The zero-order valence-electron chi connectivity index (χ0n) is 12.8. The number of Topliss-reactive ketones (excluding diaryl/α,β-unsaturated/α-hetero) is 1. The van der Waals surface area contributed by atoms with Crippen molar-refractivity contribution in [1.82, 2.24) is 0 Å². The Kier molecular flexibility index (Phi) is 4.38. The van der Waals surface area contributed by atoms with Gasteiger partial charge in [0.05, 0.1) is 7.11 Å². The molecule has 1 saturated carbocycles. The highest BCUT2D eigenvalue weighted by atomic mass is 16.5. The van der Waals surface area contributed by atoms with Gasteiger partial charge >= 0.3 is 0 Å². The molecule has 2 heteroatoms. The molecule has 0 aliphatic heterocycles. The van der Waals surface area contributed by atoms with E-state index >= 15 is 0 Å². The molecule has 112 valence electrons. The van der Waals surface area contributed by atoms with Crippen LogP contribution in [0.5, 0.6) is 5.75 Å². The van der Waals surface area contributed by atoms with Crippen LogP contribution in [0.1, 0.15) is 36.3 Å². The van der Waals surface area contributed by atoms with Crippen molar-refractivity contribution in [3.8, 4) is 5.75 Å². The van der Waals surface area contributed by atoms with E-state index in [4.69, 9.17) is 4.74 Å². The number of benzene rings is 2. The first-order valence-electron chi connectivity index (χ1n) is 7.72. The number of hydrogen-bond donors (Lipinski definition) is 0. The highest BCUT2D eigenvalue weighted by Crippen LogP contribution is 2.34. The summed E-state index contributed by atoms with van der Waals surface area (Å²) in [5.74, 6) is 1.09. The Morgan fingerprint density at radius 2 is 1.91 bits per heavy atom. The second kappa shape index (κ2) is 6.61. The molecule has 1 atom stereocenters. The smallest absolute Gasteiger partial charge is 0.166 e. The summed E-state index contributed by atoms with van der Waals surface area (Å²) in [7, 11) is 1.66. The van der Waals surface area contributed by atoms with Crippen molar-refractivity contribution < 1.29 is 9.53 Å². The van der Waals surface area contributed by atoms with Crippen LogP contribution in [-0.2, 0) is 4.79 Å². The quantitative estimate of drug-likeness (QED) is 0.772. The van der Waals surface area contributed by atoms with Gasteiger partial charge in [0.25, 0.3) is 0 Å². The third kappa shape index (κ3) is 3.11. The molecule has 2 aromatic rings. The first-order chi connectivity index (χ1) is 10.8. The Hall–Kier alpha value is -2.35. The average molecular weight is 292 g/mol. The zero-order valence-corrected chi connectivity index (χ0v) is 12.8. The number of allylic oxidation sites excluding steroid dienone is 1. The van der Waals surface area contributed by atoms with Gasteiger partial charge in [-0.3, -0.25) is 4.79 Å². The molecule has 0 heterocycles. The molecule has 0 bridgehead atoms. The fraction of sp³-hybridized carbons (Fsp3) is 0.250. The van der Waals surface area contributed by atoms with Gasteiger partial charge in [0, 0.05) is 5.92 Å². The number of rotatable bonds is 3. The highest BCUT2D eigenvalue weighted by Gasteiger charge is 2.27. The summed E-state index contributed by atoms with van der Waals surface area (Å²) < 4.78 is 5.25. The van der Waals surface area contributed by atoms with E-state index in [-0.39, 0.29) is 11.7 Å². The number of hydrogen-bond acceptors (Lipinski definition) is 2. The standard InChI is InChI=1S/C20H20O2/c1-22-18-11-5-7-15(14-18)13-17-10-6-12-19(20(17)21)16-8-3-2-4-9-16/h2-5,7-9,11,13-14,19H,6,10,12H2,1H3/b17-13+/t19-/m1/s1. The van der Waals surface area contributed by atoms with Crippen LogP contribution >= 0.6 is 0 Å². The van der Waals surface area contributed by atoms with Crippen LogP contribution in [0.3, 0.4) is 0 Å². The lowest BCUT2D eigenvalue weighted by molar-refractivity contribution is -0.117. The van der Waals surface area contributed by atoms with Crippen molar-refractivity contribution in [2.75, 3.05) is 7.11 Å². The third-order valence-corrected chi connectivity index (χ3v) is 4.21. The van der Waals surface area contributed by atoms with E-state index in [0.29, 0.717) is 0 Å². The molecule has 1 aliphatic rings. The maximum absolute atomic E-state index is 12.8. The van der Waals surface area contributed by atoms with E-state index in [1.165, 1.54) is 0 Å². The van der Waals surface area contributed by atoms with Crippen LogP contribution in [-0.4, -0.2) is 12.9 Å². The van der Waals surface area contributed by atoms with Crippen LogP contribution in [0.25, 0.3) is 6.08 Å². The summed E-state index contributed by atoms with van der Waals surface area (Å²) >= 11 is 0. The minimum atomic E-state index is 0.00630. The Labute approximate surface area is 131 Å². The van der Waals surface area contributed by atoms with Gasteiger partial charge in [-0.25, -0.2) is 0 Å². The van der Waals surface area contributed by atoms with E-state index in [0.717, 1.165) is 41.7 Å². The summed E-state index contributed by atoms with van der Waals surface area (Å²) in [6.07, 6.45) is 4.87. The number of ether oxygens (including phenoxy) is 1. The second-order valence-electron chi connectivity index (χ2n) is 5.67. The molecular formula is C20H20O2. The zero-order chi connectivity index (χ0) is 15.4. The van der Waals surface area contributed by atoms with Crippen LogP contribution in [0.4, 0.5) is 0 Å². The molecule has 22 heavy (non-hydrogen) atoms. The molecule has 0 amide bonds. The lowest BCUT2D eigenvalue weighted by atomic mass is 9.79. The van der Waals surface area contributed by atoms with E-state index in [2.05, 4.69) is 12.1 Å². The van der Waals surface area contributed by atoms with Crippen molar-refractivity contribution in [1.29, 1.82) is 0 Å². The molecule has 1 fully saturated rings. The normalized spacial score (nSPS) is 20.1. The topological polar surface area (TPSA) is 26.3 Å². The monoisotopic (exact) mass is 292 g/mol. The number of carbonyl (C=O) groups is 1. The van der Waals surface area contributed by atoms with Crippen LogP contribution < -0.4 is 4.74 Å². The first kappa shape index (κ1) is 14.6. The van der Waals surface area contributed by atoms with Gasteiger partial charge in [0.15, 0.2) is 5.78 Å². The second-order valence-corrected chi connectivity index (χ2v) is 5.67. The third-order valence-electron chi connectivity index (χ3n) is 4.21. The van der Waals surface area contributed by atoms with Gasteiger partial charge in [-0.05, 0) is 54.2 Å². The number of ketones is 1. The van der Waals surface area contributed by atoms with E-state index < -0.39 is 0 Å². The van der Waals surface area contributed by atoms with E-state index in [1.807, 2.05) is 48.5 Å². The van der Waals surface area contributed by atoms with Crippen LogP contribution in [0.15, 0.2) is 60.2 Å². The molecule has 0 aromatic heterocycles. The number of carbonyl (C=O) groups excluding carboxylic acids is 1. The van der Waals surface area contributed by atoms with Gasteiger partial charge in [0.1, 0.15) is 5.75 Å². The predicted octanol–water partition coefficient (Wildman–Crippen LogP) is 4.62. The largest absolute Gasteiger partial charge is 0.497 e. The summed E-state index contributed by atoms with van der Waals surface area (Å²) in [4.78, 5) is 12.8. The summed E-state index contributed by atoms with van der Waals surface area (Å²) in [5.41, 5.74) is 3.08. The van der Waals surface area contributed by atoms with Crippen molar-refractivity contribution in [2.24, 2.45) is 0 Å². The first-order valence-corrected chi connectivity index (χ1v) is 7.72. The molecule has 2 aromatic carbocycles. The fourth-order valence-electron chi connectivity index (χ4n) is 3.05. The minimum absolute atomic E-state index is 0.00630. The number of methoxy groups -OCH3 is 1. The Morgan fingerprint density at radius 3 is 2.68 bits per heavy atom. The van der Waals surface area contributed by atoms with Crippen molar-refractivity contribution >= 4 is 11.9 Å². The summed E-state index contributed by atoms with van der Waals surface area (Å²) in [6.45, 7) is 0. The summed E-state index contributed by atoms with van der Waals surface area (Å²) in [5, 5.41) is 0. The lowest BCUT2D eigenvalue weighted by Gasteiger charge is -2.23. The van der Waals surface area contributed by atoms with Crippen LogP contribution in [0.2, 0.25) is 0 Å². The maximum Gasteiger partial charge on any atom is 0.166 e. The van der Waals surface area contributed by atoms with Gasteiger partial charge in [0.2, 0.25) is 0 Å². The van der Waals surface area contributed by atoms with Gasteiger partial charge in [-0.15, -0.1) is 0 Å². The molecule has 3 rings (SSSR count). The molecule has 0 N–H and O–H groups in total. The molecule has 2 nitrogen and oxygen atoms in total. The van der Waals surface area contributed by atoms with E-state index in [9.17, 15) is 4.79 Å². The molecule has 1 aliphatic carbocycles. The van der Waals surface area contributed by atoms with Gasteiger partial charge in [-0.2, -0.15) is 0 Å². The highest BCUT2D eigenvalue weighted by molar-refractivity contribution is 6.04. The molecule has 0 radical (unpaired) electrons. The molecular weight excluding hydrogens is 272 g/mol. The maximum atomic E-state index is 12.8. The van der Waals surface area contributed by atoms with Gasteiger partial charge < -0.3 is 4.74 Å². The molecule has 0 saturated heterocycles. The minimum Gasteiger partial charge on any atom is -0.497 e. The van der Waals surface area contributed by atoms with Gasteiger partial charge in [-0.1, -0.05) is 42.5 Å². The fourth-order valence-corrected chi connectivity index (χ4v) is 3.05. The average Bonchev–Trinajstić information content (AvgIpc) is 2.58. The SMILES string of the molecule is COc1cccc(/C=C2\CCC[C@H](c3ccccc3)C2=O)c1. The molecule has 0 unspecified atom stereocenters. The Bertz CT molecular complexity index is 686. The van der Waals surface area contributed by atoms with Crippen molar-refractivity contribution in [2.45, 2.75) is 25.2 Å². The summed E-state index contributed by atoms with van der Waals surface area (Å²) in [6, 6.07) is 17.9. The van der Waals surface area contributed by atoms with Crippen molar-refractivity contribution in [3.05, 3.63) is 71.3 Å². The lowest BCUT2D eigenvalue weighted by Crippen LogP contribution is -2.19. The molecule has 0 spiro atoms. The van der Waals surface area contributed by atoms with Crippen LogP contribution in [0, 0.1) is 0 Å².